The first kappa shape index (κ1) is 7.86. The van der Waals surface area contributed by atoms with E-state index in [9.17, 15) is 10.2 Å². The highest BCUT2D eigenvalue weighted by atomic mass is 16.3. The molecule has 0 atom stereocenters. The summed E-state index contributed by atoms with van der Waals surface area (Å²) in [6.07, 6.45) is 1.48. The second kappa shape index (κ2) is 2.62. The molecule has 1 aromatic carbocycles. The third kappa shape index (κ3) is 1.09. The molecule has 1 heterocycles. The van der Waals surface area contributed by atoms with Gasteiger partial charge in [-0.05, 0) is 6.07 Å². The molecule has 0 saturated carbocycles. The molecule has 2 aromatic rings. The molecule has 0 saturated heterocycles. The lowest BCUT2D eigenvalue weighted by atomic mass is 10.2. The lowest BCUT2D eigenvalue weighted by Crippen LogP contribution is -2.27. The van der Waals surface area contributed by atoms with Crippen molar-refractivity contribution < 1.29 is 14.8 Å². The molecule has 0 spiro atoms. The monoisotopic (exact) mass is 176 g/mol. The van der Waals surface area contributed by atoms with Gasteiger partial charge in [-0.3, -0.25) is 0 Å². The van der Waals surface area contributed by atoms with Crippen LogP contribution in [0.5, 0.6) is 11.5 Å². The van der Waals surface area contributed by atoms with Crippen molar-refractivity contribution in [2.45, 2.75) is 0 Å². The Balaban J connectivity index is 2.97. The highest BCUT2D eigenvalue weighted by Crippen LogP contribution is 2.29. The van der Waals surface area contributed by atoms with Crippen molar-refractivity contribution in [1.82, 2.24) is 0 Å². The number of hydrogen-bond donors (Lipinski definition) is 2. The highest BCUT2D eigenvalue weighted by molar-refractivity contribution is 5.84. The zero-order valence-corrected chi connectivity index (χ0v) is 7.23. The van der Waals surface area contributed by atoms with Crippen molar-refractivity contribution in [2.24, 2.45) is 7.05 Å². The Bertz CT molecular complexity index is 466. The highest BCUT2D eigenvalue weighted by Gasteiger charge is 2.13. The molecule has 0 aliphatic heterocycles. The van der Waals surface area contributed by atoms with Crippen LogP contribution in [0.1, 0.15) is 0 Å². The fraction of sp³-hybridized carbons (Fsp3) is 0.100. The quantitative estimate of drug-likeness (QED) is 0.590. The van der Waals surface area contributed by atoms with E-state index in [1.165, 1.54) is 6.20 Å². The van der Waals surface area contributed by atoms with Crippen molar-refractivity contribution in [3.05, 3.63) is 30.5 Å². The second-order valence-electron chi connectivity index (χ2n) is 2.99. The number of fused-ring (bicyclic) bond motifs is 1. The molecule has 0 aliphatic rings. The molecular weight excluding hydrogens is 166 g/mol. The van der Waals surface area contributed by atoms with E-state index in [1.54, 1.807) is 10.6 Å². The summed E-state index contributed by atoms with van der Waals surface area (Å²) in [7, 11) is 1.82. The number of nitrogens with zero attached hydrogens (tertiary/aromatic N) is 1. The molecule has 0 unspecified atom stereocenters. The van der Waals surface area contributed by atoms with E-state index in [0.717, 1.165) is 5.52 Å². The Labute approximate surface area is 75.5 Å². The van der Waals surface area contributed by atoms with Crippen molar-refractivity contribution in [3.63, 3.8) is 0 Å². The molecule has 2 N–H and O–H groups in total. The van der Waals surface area contributed by atoms with Gasteiger partial charge < -0.3 is 10.2 Å². The van der Waals surface area contributed by atoms with Gasteiger partial charge in [-0.15, -0.1) is 0 Å². The van der Waals surface area contributed by atoms with E-state index in [4.69, 9.17) is 0 Å². The smallest absolute Gasteiger partial charge is 0.223 e. The number of aromatic nitrogens is 1. The second-order valence-corrected chi connectivity index (χ2v) is 2.99. The molecule has 13 heavy (non-hydrogen) atoms. The van der Waals surface area contributed by atoms with Crippen LogP contribution in [0.4, 0.5) is 0 Å². The first-order valence-corrected chi connectivity index (χ1v) is 3.99. The van der Waals surface area contributed by atoms with Gasteiger partial charge >= 0.3 is 0 Å². The van der Waals surface area contributed by atoms with Gasteiger partial charge in [0.1, 0.15) is 7.05 Å². The summed E-state index contributed by atoms with van der Waals surface area (Å²) >= 11 is 0. The lowest BCUT2D eigenvalue weighted by Gasteiger charge is -2.00. The maximum absolute atomic E-state index is 9.52. The van der Waals surface area contributed by atoms with Gasteiger partial charge in [0.25, 0.3) is 0 Å². The molecular formula is C10H10NO2+. The first-order valence-electron chi connectivity index (χ1n) is 3.99. The van der Waals surface area contributed by atoms with E-state index >= 15 is 0 Å². The van der Waals surface area contributed by atoms with Gasteiger partial charge in [-0.2, -0.15) is 4.57 Å². The fourth-order valence-corrected chi connectivity index (χ4v) is 1.43. The van der Waals surface area contributed by atoms with Crippen molar-refractivity contribution in [1.29, 1.82) is 0 Å². The van der Waals surface area contributed by atoms with Crippen molar-refractivity contribution in [3.8, 4) is 11.5 Å². The summed E-state index contributed by atoms with van der Waals surface area (Å²) in [6.45, 7) is 0. The standard InChI is InChI=1S/C10H9NO2/c1-11-6-9(12)10(13)7-4-2-3-5-8(7)11/h2-6,12H,1H3/p+1. The van der Waals surface area contributed by atoms with E-state index in [1.807, 2.05) is 25.2 Å². The molecule has 1 aromatic heterocycles. The predicted molar refractivity (Wildman–Crippen MR) is 48.5 cm³/mol. The first-order chi connectivity index (χ1) is 6.20. The van der Waals surface area contributed by atoms with E-state index < -0.39 is 0 Å². The van der Waals surface area contributed by atoms with Crippen LogP contribution in [0.25, 0.3) is 10.9 Å². The minimum Gasteiger partial charge on any atom is -0.504 e. The number of hydrogen-bond acceptors (Lipinski definition) is 2. The fourth-order valence-electron chi connectivity index (χ4n) is 1.43. The van der Waals surface area contributed by atoms with Gasteiger partial charge in [-0.1, -0.05) is 12.1 Å². The summed E-state index contributed by atoms with van der Waals surface area (Å²) in [6, 6.07) is 7.36. The Hall–Kier alpha value is -1.77. The Morgan fingerprint density at radius 3 is 2.62 bits per heavy atom. The van der Waals surface area contributed by atoms with Gasteiger partial charge in [0.05, 0.1) is 5.39 Å². The molecule has 0 radical (unpaired) electrons. The normalized spacial score (nSPS) is 10.5. The minimum absolute atomic E-state index is 0.0614. The SMILES string of the molecule is C[n+]1cc(O)c(O)c2ccccc21. The van der Waals surface area contributed by atoms with Crippen molar-refractivity contribution >= 4 is 10.9 Å². The van der Waals surface area contributed by atoms with E-state index in [2.05, 4.69) is 0 Å². The molecule has 0 fully saturated rings. The molecule has 3 heteroatoms. The third-order valence-corrected chi connectivity index (χ3v) is 2.10. The molecule has 2 rings (SSSR count). The summed E-state index contributed by atoms with van der Waals surface area (Å²) < 4.78 is 1.77. The van der Waals surface area contributed by atoms with Crippen LogP contribution in [-0.2, 0) is 7.05 Å². The van der Waals surface area contributed by atoms with Crippen LogP contribution in [0.2, 0.25) is 0 Å². The number of rotatable bonds is 0. The zero-order chi connectivity index (χ0) is 9.42. The van der Waals surface area contributed by atoms with E-state index in [0.29, 0.717) is 5.39 Å². The zero-order valence-electron chi connectivity index (χ0n) is 7.23. The van der Waals surface area contributed by atoms with Crippen LogP contribution < -0.4 is 4.57 Å². The van der Waals surface area contributed by atoms with Crippen molar-refractivity contribution in [2.75, 3.05) is 0 Å². The molecule has 0 bridgehead atoms. The van der Waals surface area contributed by atoms with Crippen LogP contribution in [0, 0.1) is 0 Å². The van der Waals surface area contributed by atoms with Gasteiger partial charge in [0, 0.05) is 6.07 Å². The molecule has 66 valence electrons. The van der Waals surface area contributed by atoms with Gasteiger partial charge in [0.2, 0.25) is 17.5 Å². The Kier molecular flexibility index (Phi) is 1.59. The number of para-hydroxylation sites is 1. The number of benzene rings is 1. The van der Waals surface area contributed by atoms with Crippen LogP contribution in [0.3, 0.4) is 0 Å². The summed E-state index contributed by atoms with van der Waals surface area (Å²) in [5.74, 6) is -0.157. The number of pyridine rings is 1. The summed E-state index contributed by atoms with van der Waals surface area (Å²) in [5.41, 5.74) is 0.887. The Morgan fingerprint density at radius 1 is 1.15 bits per heavy atom. The molecule has 0 aliphatic carbocycles. The van der Waals surface area contributed by atoms with Crippen LogP contribution in [-0.4, -0.2) is 10.2 Å². The Morgan fingerprint density at radius 2 is 1.85 bits per heavy atom. The maximum Gasteiger partial charge on any atom is 0.223 e. The summed E-state index contributed by atoms with van der Waals surface area (Å²) in [5, 5.41) is 19.5. The average molecular weight is 176 g/mol. The number of aryl methyl sites for hydroxylation is 1. The van der Waals surface area contributed by atoms with Gasteiger partial charge in [0.15, 0.2) is 5.75 Å². The van der Waals surface area contributed by atoms with Crippen LogP contribution >= 0.6 is 0 Å². The molecule has 0 amide bonds. The largest absolute Gasteiger partial charge is 0.504 e. The number of aromatic hydroxyl groups is 2. The summed E-state index contributed by atoms with van der Waals surface area (Å²) in [4.78, 5) is 0. The third-order valence-electron chi connectivity index (χ3n) is 2.10. The lowest BCUT2D eigenvalue weighted by molar-refractivity contribution is -0.645. The molecule has 3 nitrogen and oxygen atoms in total. The predicted octanol–water partition coefficient (Wildman–Crippen LogP) is 1.08. The topological polar surface area (TPSA) is 44.3 Å². The van der Waals surface area contributed by atoms with E-state index in [-0.39, 0.29) is 11.5 Å². The maximum atomic E-state index is 9.52. The van der Waals surface area contributed by atoms with Crippen LogP contribution in [0.15, 0.2) is 30.5 Å². The van der Waals surface area contributed by atoms with Gasteiger partial charge in [-0.25, -0.2) is 0 Å². The minimum atomic E-state index is -0.0961. The average Bonchev–Trinajstić information content (AvgIpc) is 2.15.